The SMILES string of the molecule is CC1NCCC1C(=O)NCC#N. The molecule has 1 aliphatic heterocycles. The number of carbonyl (C=O) groups is 1. The van der Waals surface area contributed by atoms with E-state index in [2.05, 4.69) is 10.6 Å². The first-order valence-electron chi connectivity index (χ1n) is 4.13. The highest BCUT2D eigenvalue weighted by molar-refractivity contribution is 5.79. The average Bonchev–Trinajstić information content (AvgIpc) is 2.47. The van der Waals surface area contributed by atoms with Crippen molar-refractivity contribution in [2.24, 2.45) is 5.92 Å². The maximum absolute atomic E-state index is 11.3. The topological polar surface area (TPSA) is 64.9 Å². The third-order valence-corrected chi connectivity index (χ3v) is 2.20. The number of amides is 1. The molecule has 0 aromatic heterocycles. The van der Waals surface area contributed by atoms with Crippen molar-refractivity contribution in [3.8, 4) is 6.07 Å². The van der Waals surface area contributed by atoms with Crippen LogP contribution < -0.4 is 10.6 Å². The predicted octanol–water partition coefficient (Wildman–Crippen LogP) is -0.376. The van der Waals surface area contributed by atoms with Crippen LogP contribution in [0.5, 0.6) is 0 Å². The minimum Gasteiger partial charge on any atom is -0.343 e. The molecule has 1 saturated heterocycles. The molecule has 1 rings (SSSR count). The first-order valence-corrected chi connectivity index (χ1v) is 4.13. The molecule has 2 atom stereocenters. The van der Waals surface area contributed by atoms with Crippen molar-refractivity contribution in [2.75, 3.05) is 13.1 Å². The molecule has 2 unspecified atom stereocenters. The molecule has 0 bridgehead atoms. The van der Waals surface area contributed by atoms with Crippen LogP contribution in [0.2, 0.25) is 0 Å². The maximum atomic E-state index is 11.3. The second-order valence-electron chi connectivity index (χ2n) is 3.01. The summed E-state index contributed by atoms with van der Waals surface area (Å²) in [4.78, 5) is 11.3. The second kappa shape index (κ2) is 4.07. The Morgan fingerprint density at radius 1 is 1.83 bits per heavy atom. The monoisotopic (exact) mass is 167 g/mol. The van der Waals surface area contributed by atoms with Gasteiger partial charge in [0.2, 0.25) is 5.91 Å². The number of carbonyl (C=O) groups excluding carboxylic acids is 1. The van der Waals surface area contributed by atoms with Gasteiger partial charge in [0.1, 0.15) is 6.54 Å². The molecule has 0 radical (unpaired) electrons. The standard InChI is InChI=1S/C8H13N3O/c1-6-7(2-4-10-6)8(12)11-5-3-9/h6-7,10H,2,4-5H2,1H3,(H,11,12). The molecule has 2 N–H and O–H groups in total. The first-order chi connectivity index (χ1) is 5.75. The summed E-state index contributed by atoms with van der Waals surface area (Å²) in [5.41, 5.74) is 0. The van der Waals surface area contributed by atoms with E-state index in [0.717, 1.165) is 13.0 Å². The normalized spacial score (nSPS) is 28.0. The van der Waals surface area contributed by atoms with Crippen molar-refractivity contribution in [3.05, 3.63) is 0 Å². The summed E-state index contributed by atoms with van der Waals surface area (Å²) in [7, 11) is 0. The van der Waals surface area contributed by atoms with Gasteiger partial charge in [0.05, 0.1) is 12.0 Å². The van der Waals surface area contributed by atoms with E-state index in [1.54, 1.807) is 0 Å². The van der Waals surface area contributed by atoms with Gasteiger partial charge in [-0.1, -0.05) is 0 Å². The summed E-state index contributed by atoms with van der Waals surface area (Å²) in [5.74, 6) is 0.0346. The van der Waals surface area contributed by atoms with Crippen LogP contribution in [0.1, 0.15) is 13.3 Å². The second-order valence-corrected chi connectivity index (χ2v) is 3.01. The molecule has 0 saturated carbocycles. The number of rotatable bonds is 2. The number of nitrogens with one attached hydrogen (secondary N) is 2. The smallest absolute Gasteiger partial charge is 0.225 e. The molecule has 0 aliphatic carbocycles. The molecular formula is C8H13N3O. The van der Waals surface area contributed by atoms with Crippen LogP contribution in [-0.2, 0) is 4.79 Å². The molecule has 1 aliphatic rings. The van der Waals surface area contributed by atoms with Crippen molar-refractivity contribution >= 4 is 5.91 Å². The lowest BCUT2D eigenvalue weighted by atomic mass is 10.0. The van der Waals surface area contributed by atoms with Crippen LogP contribution in [0.15, 0.2) is 0 Å². The Labute approximate surface area is 71.9 Å². The Hall–Kier alpha value is -1.08. The zero-order chi connectivity index (χ0) is 8.97. The summed E-state index contributed by atoms with van der Waals surface area (Å²) in [5, 5.41) is 14.0. The molecule has 1 heterocycles. The lowest BCUT2D eigenvalue weighted by Gasteiger charge is -2.12. The summed E-state index contributed by atoms with van der Waals surface area (Å²) in [6.45, 7) is 3.00. The summed E-state index contributed by atoms with van der Waals surface area (Å²) >= 11 is 0. The van der Waals surface area contributed by atoms with Crippen LogP contribution in [0.25, 0.3) is 0 Å². The Kier molecular flexibility index (Phi) is 3.06. The number of hydrogen-bond acceptors (Lipinski definition) is 3. The maximum Gasteiger partial charge on any atom is 0.225 e. The van der Waals surface area contributed by atoms with Crippen LogP contribution >= 0.6 is 0 Å². The largest absolute Gasteiger partial charge is 0.343 e. The molecule has 1 fully saturated rings. The van der Waals surface area contributed by atoms with Gasteiger partial charge in [-0.15, -0.1) is 0 Å². The van der Waals surface area contributed by atoms with E-state index in [-0.39, 0.29) is 24.4 Å². The average molecular weight is 167 g/mol. The van der Waals surface area contributed by atoms with Gasteiger partial charge in [-0.2, -0.15) is 5.26 Å². The van der Waals surface area contributed by atoms with E-state index in [1.165, 1.54) is 0 Å². The summed E-state index contributed by atoms with van der Waals surface area (Å²) < 4.78 is 0. The molecule has 4 heteroatoms. The van der Waals surface area contributed by atoms with Crippen molar-refractivity contribution in [1.29, 1.82) is 5.26 Å². The summed E-state index contributed by atoms with van der Waals surface area (Å²) in [6, 6.07) is 2.12. The van der Waals surface area contributed by atoms with Crippen LogP contribution in [0.4, 0.5) is 0 Å². The molecular weight excluding hydrogens is 154 g/mol. The highest BCUT2D eigenvalue weighted by atomic mass is 16.1. The van der Waals surface area contributed by atoms with Crippen LogP contribution in [0.3, 0.4) is 0 Å². The van der Waals surface area contributed by atoms with Crippen molar-refractivity contribution < 1.29 is 4.79 Å². The van der Waals surface area contributed by atoms with Gasteiger partial charge in [0.15, 0.2) is 0 Å². The Bertz CT molecular complexity index is 209. The van der Waals surface area contributed by atoms with Crippen molar-refractivity contribution in [3.63, 3.8) is 0 Å². The van der Waals surface area contributed by atoms with Gasteiger partial charge in [0, 0.05) is 6.04 Å². The molecule has 66 valence electrons. The fourth-order valence-electron chi connectivity index (χ4n) is 1.47. The van der Waals surface area contributed by atoms with Crippen LogP contribution in [-0.4, -0.2) is 25.0 Å². The Morgan fingerprint density at radius 3 is 3.08 bits per heavy atom. The molecule has 0 aromatic carbocycles. The highest BCUT2D eigenvalue weighted by Crippen LogP contribution is 2.14. The predicted molar refractivity (Wildman–Crippen MR) is 44.2 cm³/mol. The number of hydrogen-bond donors (Lipinski definition) is 2. The van der Waals surface area contributed by atoms with Crippen LogP contribution in [0, 0.1) is 17.2 Å². The van der Waals surface area contributed by atoms with Gasteiger partial charge < -0.3 is 10.6 Å². The zero-order valence-corrected chi connectivity index (χ0v) is 7.13. The lowest BCUT2D eigenvalue weighted by Crippen LogP contribution is -2.36. The molecule has 0 spiro atoms. The Morgan fingerprint density at radius 2 is 2.58 bits per heavy atom. The van der Waals surface area contributed by atoms with E-state index in [9.17, 15) is 4.79 Å². The first kappa shape index (κ1) is 9.01. The minimum atomic E-state index is -0.00551. The minimum absolute atomic E-state index is 0.00551. The fourth-order valence-corrected chi connectivity index (χ4v) is 1.47. The van der Waals surface area contributed by atoms with Crippen molar-refractivity contribution in [2.45, 2.75) is 19.4 Å². The van der Waals surface area contributed by atoms with E-state index >= 15 is 0 Å². The highest BCUT2D eigenvalue weighted by Gasteiger charge is 2.28. The molecule has 1 amide bonds. The number of nitriles is 1. The molecule has 12 heavy (non-hydrogen) atoms. The van der Waals surface area contributed by atoms with Gasteiger partial charge >= 0.3 is 0 Å². The van der Waals surface area contributed by atoms with Gasteiger partial charge in [0.25, 0.3) is 0 Å². The quantitative estimate of drug-likeness (QED) is 0.551. The van der Waals surface area contributed by atoms with Crippen molar-refractivity contribution in [1.82, 2.24) is 10.6 Å². The van der Waals surface area contributed by atoms with Gasteiger partial charge in [-0.25, -0.2) is 0 Å². The lowest BCUT2D eigenvalue weighted by molar-refractivity contribution is -0.124. The third kappa shape index (κ3) is 1.95. The van der Waals surface area contributed by atoms with Gasteiger partial charge in [-0.05, 0) is 19.9 Å². The number of nitrogens with zero attached hydrogens (tertiary/aromatic N) is 1. The zero-order valence-electron chi connectivity index (χ0n) is 7.13. The van der Waals surface area contributed by atoms with E-state index in [4.69, 9.17) is 5.26 Å². The molecule has 0 aromatic rings. The third-order valence-electron chi connectivity index (χ3n) is 2.20. The molecule has 4 nitrogen and oxygen atoms in total. The van der Waals surface area contributed by atoms with E-state index in [1.807, 2.05) is 13.0 Å². The van der Waals surface area contributed by atoms with E-state index < -0.39 is 0 Å². The summed E-state index contributed by atoms with van der Waals surface area (Å²) in [6.07, 6.45) is 0.873. The van der Waals surface area contributed by atoms with E-state index in [0.29, 0.717) is 0 Å². The fraction of sp³-hybridized carbons (Fsp3) is 0.750. The Balaban J connectivity index is 2.37. The van der Waals surface area contributed by atoms with Gasteiger partial charge in [-0.3, -0.25) is 4.79 Å².